The molecule has 0 radical (unpaired) electrons. The highest BCUT2D eigenvalue weighted by molar-refractivity contribution is 7.14. The molecule has 18 heavy (non-hydrogen) atoms. The first-order valence-corrected chi connectivity index (χ1v) is 7.47. The third-order valence-corrected chi connectivity index (χ3v) is 4.07. The number of piperazine rings is 1. The molecular formula is C13H22N4S. The minimum absolute atomic E-state index is 0.998. The zero-order valence-electron chi connectivity index (χ0n) is 11.2. The van der Waals surface area contributed by atoms with Crippen LogP contribution >= 0.6 is 11.3 Å². The summed E-state index contributed by atoms with van der Waals surface area (Å²) in [5.74, 6) is 1.04. The monoisotopic (exact) mass is 266 g/mol. The molecule has 1 aliphatic rings. The van der Waals surface area contributed by atoms with Crippen LogP contribution in [0, 0.1) is 0 Å². The lowest BCUT2D eigenvalue weighted by Gasteiger charge is -2.37. The van der Waals surface area contributed by atoms with E-state index in [4.69, 9.17) is 0 Å². The molecule has 0 unspecified atom stereocenters. The highest BCUT2D eigenvalue weighted by Crippen LogP contribution is 2.22. The zero-order chi connectivity index (χ0) is 12.8. The van der Waals surface area contributed by atoms with Gasteiger partial charge in [-0.25, -0.2) is 0 Å². The van der Waals surface area contributed by atoms with Crippen molar-refractivity contribution in [2.24, 2.45) is 4.99 Å². The second-order valence-corrected chi connectivity index (χ2v) is 5.33. The van der Waals surface area contributed by atoms with Crippen LogP contribution in [0.1, 0.15) is 13.3 Å². The first-order valence-electron chi connectivity index (χ1n) is 6.59. The number of guanidine groups is 1. The lowest BCUT2D eigenvalue weighted by molar-refractivity contribution is 0.373. The van der Waals surface area contributed by atoms with Gasteiger partial charge in [0.2, 0.25) is 0 Å². The summed E-state index contributed by atoms with van der Waals surface area (Å²) in [5.41, 5.74) is 0. The predicted molar refractivity (Wildman–Crippen MR) is 79.8 cm³/mol. The van der Waals surface area contributed by atoms with E-state index in [1.165, 1.54) is 5.00 Å². The van der Waals surface area contributed by atoms with Crippen LogP contribution in [0.2, 0.25) is 0 Å². The van der Waals surface area contributed by atoms with E-state index in [2.05, 4.69) is 44.5 Å². The topological polar surface area (TPSA) is 30.9 Å². The quantitative estimate of drug-likeness (QED) is 0.669. The SMILES string of the molecule is CCCNC(=NC)N1CCN(c2cccs2)CC1. The van der Waals surface area contributed by atoms with Gasteiger partial charge in [0.25, 0.3) is 0 Å². The number of aliphatic imine (C=N–C) groups is 1. The van der Waals surface area contributed by atoms with Crippen LogP contribution in [0.15, 0.2) is 22.5 Å². The number of thiophene rings is 1. The van der Waals surface area contributed by atoms with E-state index in [0.29, 0.717) is 0 Å². The number of rotatable bonds is 3. The largest absolute Gasteiger partial charge is 0.360 e. The van der Waals surface area contributed by atoms with E-state index in [9.17, 15) is 0 Å². The first-order chi connectivity index (χ1) is 8.85. The van der Waals surface area contributed by atoms with Crippen LogP contribution in [-0.2, 0) is 0 Å². The lowest BCUT2D eigenvalue weighted by atomic mass is 10.3. The average Bonchev–Trinajstić information content (AvgIpc) is 2.94. The number of hydrogen-bond acceptors (Lipinski definition) is 3. The van der Waals surface area contributed by atoms with Crippen molar-refractivity contribution < 1.29 is 0 Å². The molecule has 0 atom stereocenters. The van der Waals surface area contributed by atoms with Crippen LogP contribution < -0.4 is 10.2 Å². The molecule has 5 heteroatoms. The Kier molecular flexibility index (Phi) is 4.87. The van der Waals surface area contributed by atoms with Gasteiger partial charge in [-0.15, -0.1) is 11.3 Å². The van der Waals surface area contributed by atoms with Gasteiger partial charge in [0, 0.05) is 39.8 Å². The lowest BCUT2D eigenvalue weighted by Crippen LogP contribution is -2.52. The van der Waals surface area contributed by atoms with Crippen LogP contribution in [0.5, 0.6) is 0 Å². The smallest absolute Gasteiger partial charge is 0.193 e. The van der Waals surface area contributed by atoms with Crippen molar-refractivity contribution in [2.75, 3.05) is 44.7 Å². The van der Waals surface area contributed by atoms with E-state index < -0.39 is 0 Å². The number of nitrogens with zero attached hydrogens (tertiary/aromatic N) is 3. The van der Waals surface area contributed by atoms with E-state index in [-0.39, 0.29) is 0 Å². The molecule has 1 aromatic rings. The van der Waals surface area contributed by atoms with Crippen molar-refractivity contribution >= 4 is 22.3 Å². The van der Waals surface area contributed by atoms with Crippen molar-refractivity contribution in [3.05, 3.63) is 17.5 Å². The normalized spacial score (nSPS) is 17.1. The molecule has 100 valence electrons. The first kappa shape index (κ1) is 13.2. The third-order valence-electron chi connectivity index (χ3n) is 3.14. The maximum Gasteiger partial charge on any atom is 0.193 e. The van der Waals surface area contributed by atoms with Gasteiger partial charge in [-0.3, -0.25) is 4.99 Å². The Hall–Kier alpha value is -1.23. The van der Waals surface area contributed by atoms with Gasteiger partial charge in [-0.2, -0.15) is 0 Å². The van der Waals surface area contributed by atoms with Crippen molar-refractivity contribution in [3.8, 4) is 0 Å². The maximum atomic E-state index is 4.35. The van der Waals surface area contributed by atoms with Gasteiger partial charge in [0.15, 0.2) is 5.96 Å². The van der Waals surface area contributed by atoms with Crippen molar-refractivity contribution in [1.29, 1.82) is 0 Å². The summed E-state index contributed by atoms with van der Waals surface area (Å²) >= 11 is 1.82. The van der Waals surface area contributed by atoms with Gasteiger partial charge >= 0.3 is 0 Å². The molecule has 0 bridgehead atoms. The number of hydrogen-bond donors (Lipinski definition) is 1. The summed E-state index contributed by atoms with van der Waals surface area (Å²) in [6, 6.07) is 4.32. The molecule has 2 rings (SSSR count). The van der Waals surface area contributed by atoms with Gasteiger partial charge in [0.05, 0.1) is 5.00 Å². The van der Waals surface area contributed by atoms with Crippen LogP contribution in [0.25, 0.3) is 0 Å². The van der Waals surface area contributed by atoms with E-state index in [1.807, 2.05) is 18.4 Å². The minimum Gasteiger partial charge on any atom is -0.360 e. The standard InChI is InChI=1S/C13H22N4S/c1-3-6-15-13(14-2)17-9-7-16(8-10-17)12-5-4-11-18-12/h4-5,11H,3,6-10H2,1-2H3,(H,14,15). The number of nitrogens with one attached hydrogen (secondary N) is 1. The Morgan fingerprint density at radius 2 is 2.17 bits per heavy atom. The Labute approximate surface area is 113 Å². The summed E-state index contributed by atoms with van der Waals surface area (Å²) < 4.78 is 0. The van der Waals surface area contributed by atoms with Crippen LogP contribution in [-0.4, -0.2) is 50.6 Å². The van der Waals surface area contributed by atoms with Gasteiger partial charge in [-0.05, 0) is 23.9 Å². The Morgan fingerprint density at radius 3 is 2.72 bits per heavy atom. The molecule has 1 fully saturated rings. The second-order valence-electron chi connectivity index (χ2n) is 4.40. The summed E-state index contributed by atoms with van der Waals surface area (Å²) in [7, 11) is 1.86. The van der Waals surface area contributed by atoms with Crippen molar-refractivity contribution in [1.82, 2.24) is 10.2 Å². The minimum atomic E-state index is 0.998. The molecule has 0 aromatic carbocycles. The van der Waals surface area contributed by atoms with E-state index in [0.717, 1.165) is 45.1 Å². The average molecular weight is 266 g/mol. The Bertz CT molecular complexity index is 366. The van der Waals surface area contributed by atoms with Crippen molar-refractivity contribution in [3.63, 3.8) is 0 Å². The zero-order valence-corrected chi connectivity index (χ0v) is 12.0. The summed E-state index contributed by atoms with van der Waals surface area (Å²) in [5, 5.41) is 6.92. The molecule has 4 nitrogen and oxygen atoms in total. The molecule has 1 N–H and O–H groups in total. The third kappa shape index (κ3) is 3.16. The van der Waals surface area contributed by atoms with Crippen LogP contribution in [0.3, 0.4) is 0 Å². The highest BCUT2D eigenvalue weighted by Gasteiger charge is 2.19. The molecule has 0 amide bonds. The predicted octanol–water partition coefficient (Wildman–Crippen LogP) is 1.86. The van der Waals surface area contributed by atoms with Crippen molar-refractivity contribution in [2.45, 2.75) is 13.3 Å². The van der Waals surface area contributed by atoms with Gasteiger partial charge < -0.3 is 15.1 Å². The molecule has 2 heterocycles. The molecule has 1 aromatic heterocycles. The molecule has 0 spiro atoms. The fourth-order valence-corrected chi connectivity index (χ4v) is 2.94. The summed E-state index contributed by atoms with van der Waals surface area (Å²) in [4.78, 5) is 9.15. The molecule has 1 saturated heterocycles. The summed E-state index contributed by atoms with van der Waals surface area (Å²) in [6.07, 6.45) is 1.13. The van der Waals surface area contributed by atoms with E-state index in [1.54, 1.807) is 0 Å². The highest BCUT2D eigenvalue weighted by atomic mass is 32.1. The van der Waals surface area contributed by atoms with Crippen LogP contribution in [0.4, 0.5) is 5.00 Å². The van der Waals surface area contributed by atoms with Gasteiger partial charge in [-0.1, -0.05) is 6.92 Å². The molecule has 0 saturated carbocycles. The molecule has 0 aliphatic carbocycles. The second kappa shape index (κ2) is 6.64. The number of anilines is 1. The van der Waals surface area contributed by atoms with Gasteiger partial charge in [0.1, 0.15) is 0 Å². The molecule has 1 aliphatic heterocycles. The Balaban J connectivity index is 1.86. The molecular weight excluding hydrogens is 244 g/mol. The van der Waals surface area contributed by atoms with E-state index >= 15 is 0 Å². The fraction of sp³-hybridized carbons (Fsp3) is 0.615. The fourth-order valence-electron chi connectivity index (χ4n) is 2.16. The Morgan fingerprint density at radius 1 is 1.39 bits per heavy atom. The summed E-state index contributed by atoms with van der Waals surface area (Å²) in [6.45, 7) is 7.41. The maximum absolute atomic E-state index is 4.35.